The first kappa shape index (κ1) is 21.7. The lowest BCUT2D eigenvalue weighted by atomic mass is 10.1. The number of piperidine rings is 1. The molecule has 1 aromatic carbocycles. The molecule has 2 N–H and O–H groups in total. The van der Waals surface area contributed by atoms with Gasteiger partial charge in [0.1, 0.15) is 9.84 Å². The second kappa shape index (κ2) is 10.7. The molecule has 27 heavy (non-hydrogen) atoms. The number of guanidine groups is 1. The average Bonchev–Trinajstić information content (AvgIpc) is 2.62. The Bertz CT molecular complexity index is 693. The summed E-state index contributed by atoms with van der Waals surface area (Å²) in [5.74, 6) is 1.12. The van der Waals surface area contributed by atoms with E-state index in [-0.39, 0.29) is 5.75 Å². The second-order valence-electron chi connectivity index (χ2n) is 7.39. The third-order valence-electron chi connectivity index (χ3n) is 4.84. The summed E-state index contributed by atoms with van der Waals surface area (Å²) in [4.78, 5) is 6.95. The summed E-state index contributed by atoms with van der Waals surface area (Å²) in [5.41, 5.74) is 2.58. The Kier molecular flexibility index (Phi) is 8.57. The topological polar surface area (TPSA) is 73.8 Å². The molecule has 152 valence electrons. The van der Waals surface area contributed by atoms with Crippen LogP contribution >= 0.6 is 0 Å². The highest BCUT2D eigenvalue weighted by Crippen LogP contribution is 2.10. The van der Waals surface area contributed by atoms with Gasteiger partial charge in [-0.2, -0.15) is 0 Å². The van der Waals surface area contributed by atoms with Gasteiger partial charge in [-0.15, -0.1) is 0 Å². The Labute approximate surface area is 164 Å². The van der Waals surface area contributed by atoms with Crippen molar-refractivity contribution in [3.8, 4) is 0 Å². The van der Waals surface area contributed by atoms with Gasteiger partial charge >= 0.3 is 0 Å². The summed E-state index contributed by atoms with van der Waals surface area (Å²) >= 11 is 0. The summed E-state index contributed by atoms with van der Waals surface area (Å²) in [5, 5.41) is 6.87. The van der Waals surface area contributed by atoms with E-state index >= 15 is 0 Å². The van der Waals surface area contributed by atoms with Crippen LogP contribution in [0.5, 0.6) is 0 Å². The lowest BCUT2D eigenvalue weighted by Gasteiger charge is -2.32. The lowest BCUT2D eigenvalue weighted by Crippen LogP contribution is -2.49. The third kappa shape index (κ3) is 8.75. The first-order valence-electron chi connectivity index (χ1n) is 9.86. The van der Waals surface area contributed by atoms with E-state index in [0.717, 1.165) is 51.4 Å². The van der Waals surface area contributed by atoms with E-state index in [4.69, 9.17) is 4.99 Å². The molecular weight excluding hydrogens is 360 g/mol. The highest BCUT2D eigenvalue weighted by molar-refractivity contribution is 7.90. The summed E-state index contributed by atoms with van der Waals surface area (Å²) in [6, 6.07) is 8.99. The molecule has 0 unspecified atom stereocenters. The van der Waals surface area contributed by atoms with E-state index < -0.39 is 9.84 Å². The summed E-state index contributed by atoms with van der Waals surface area (Å²) < 4.78 is 22.6. The Morgan fingerprint density at radius 2 is 1.89 bits per heavy atom. The first-order chi connectivity index (χ1) is 12.9. The smallest absolute Gasteiger partial charge is 0.191 e. The monoisotopic (exact) mass is 394 g/mol. The quantitative estimate of drug-likeness (QED) is 0.518. The molecule has 0 aliphatic carbocycles. The number of nitrogens with one attached hydrogen (secondary N) is 2. The molecule has 0 saturated carbocycles. The van der Waals surface area contributed by atoms with Crippen molar-refractivity contribution in [3.63, 3.8) is 0 Å². The van der Waals surface area contributed by atoms with Crippen molar-refractivity contribution in [2.45, 2.75) is 39.2 Å². The van der Waals surface area contributed by atoms with E-state index in [0.29, 0.717) is 12.6 Å². The lowest BCUT2D eigenvalue weighted by molar-refractivity contribution is 0.216. The van der Waals surface area contributed by atoms with Crippen LogP contribution in [0.2, 0.25) is 0 Å². The SMILES string of the molecule is CCNC(=NCCc1ccc(C)cc1)NC1CCN(CCS(C)(=O)=O)CC1. The van der Waals surface area contributed by atoms with Crippen LogP contribution in [-0.4, -0.2) is 70.1 Å². The van der Waals surface area contributed by atoms with Gasteiger partial charge in [0.15, 0.2) is 5.96 Å². The maximum atomic E-state index is 11.3. The molecule has 1 aromatic rings. The van der Waals surface area contributed by atoms with Crippen molar-refractivity contribution < 1.29 is 8.42 Å². The standard InChI is InChI=1S/C20H34N4O2S/c1-4-21-20(22-12-9-18-7-5-17(2)6-8-18)23-19-10-13-24(14-11-19)15-16-27(3,25)26/h5-8,19H,4,9-16H2,1-3H3,(H2,21,22,23). The molecule has 0 atom stereocenters. The number of nitrogens with zero attached hydrogens (tertiary/aromatic N) is 2. The minimum absolute atomic E-state index is 0.244. The van der Waals surface area contributed by atoms with Crippen molar-refractivity contribution in [2.24, 2.45) is 4.99 Å². The fourth-order valence-corrected chi connectivity index (χ4v) is 3.75. The molecule has 7 heteroatoms. The van der Waals surface area contributed by atoms with E-state index in [1.165, 1.54) is 17.4 Å². The van der Waals surface area contributed by atoms with Gasteiger partial charge in [-0.1, -0.05) is 29.8 Å². The van der Waals surface area contributed by atoms with Gasteiger partial charge in [-0.3, -0.25) is 4.99 Å². The third-order valence-corrected chi connectivity index (χ3v) is 5.77. The van der Waals surface area contributed by atoms with Crippen LogP contribution in [0.3, 0.4) is 0 Å². The molecule has 0 bridgehead atoms. The zero-order valence-corrected chi connectivity index (χ0v) is 17.7. The number of hydrogen-bond acceptors (Lipinski definition) is 4. The highest BCUT2D eigenvalue weighted by Gasteiger charge is 2.20. The number of likely N-dealkylation sites (tertiary alicyclic amines) is 1. The Morgan fingerprint density at radius 1 is 1.22 bits per heavy atom. The Balaban J connectivity index is 1.77. The maximum absolute atomic E-state index is 11.3. The first-order valence-corrected chi connectivity index (χ1v) is 11.9. The van der Waals surface area contributed by atoms with E-state index in [9.17, 15) is 8.42 Å². The summed E-state index contributed by atoms with van der Waals surface area (Å²) in [6.07, 6.45) is 4.25. The molecule has 6 nitrogen and oxygen atoms in total. The molecule has 1 heterocycles. The molecule has 1 saturated heterocycles. The molecule has 1 fully saturated rings. The van der Waals surface area contributed by atoms with Gasteiger partial charge in [-0.25, -0.2) is 8.42 Å². The zero-order chi connectivity index (χ0) is 19.7. The van der Waals surface area contributed by atoms with Crippen molar-refractivity contribution in [2.75, 3.05) is 44.7 Å². The van der Waals surface area contributed by atoms with E-state index in [2.05, 4.69) is 53.6 Å². The molecular formula is C20H34N4O2S. The van der Waals surface area contributed by atoms with Crippen LogP contribution in [0.15, 0.2) is 29.3 Å². The number of benzene rings is 1. The fourth-order valence-electron chi connectivity index (χ4n) is 3.16. The normalized spacial score (nSPS) is 17.1. The molecule has 0 amide bonds. The molecule has 1 aliphatic rings. The minimum Gasteiger partial charge on any atom is -0.357 e. The molecule has 0 radical (unpaired) electrons. The maximum Gasteiger partial charge on any atom is 0.191 e. The number of aryl methyl sites for hydroxylation is 1. The second-order valence-corrected chi connectivity index (χ2v) is 9.65. The number of sulfone groups is 1. The van der Waals surface area contributed by atoms with Crippen molar-refractivity contribution in [1.82, 2.24) is 15.5 Å². The number of rotatable bonds is 8. The predicted octanol–water partition coefficient (Wildman–Crippen LogP) is 1.60. The minimum atomic E-state index is -2.89. The largest absolute Gasteiger partial charge is 0.357 e. The van der Waals surface area contributed by atoms with Crippen LogP contribution < -0.4 is 10.6 Å². The molecule has 1 aliphatic heterocycles. The Hall–Kier alpha value is -1.60. The summed E-state index contributed by atoms with van der Waals surface area (Å²) in [6.45, 7) is 8.25. The van der Waals surface area contributed by atoms with Crippen LogP contribution in [0, 0.1) is 6.92 Å². The summed E-state index contributed by atoms with van der Waals surface area (Å²) in [7, 11) is -2.89. The van der Waals surface area contributed by atoms with Crippen LogP contribution in [0.1, 0.15) is 30.9 Å². The van der Waals surface area contributed by atoms with Crippen molar-refractivity contribution in [1.29, 1.82) is 0 Å². The van der Waals surface area contributed by atoms with Crippen LogP contribution in [0.4, 0.5) is 0 Å². The van der Waals surface area contributed by atoms with E-state index in [1.54, 1.807) is 0 Å². The van der Waals surface area contributed by atoms with Gasteiger partial charge in [-0.05, 0) is 38.7 Å². The van der Waals surface area contributed by atoms with Gasteiger partial charge in [0.2, 0.25) is 0 Å². The van der Waals surface area contributed by atoms with Gasteiger partial charge in [0.25, 0.3) is 0 Å². The van der Waals surface area contributed by atoms with Gasteiger partial charge in [0.05, 0.1) is 5.75 Å². The molecule has 2 rings (SSSR count). The molecule has 0 aromatic heterocycles. The highest BCUT2D eigenvalue weighted by atomic mass is 32.2. The van der Waals surface area contributed by atoms with Gasteiger partial charge in [0, 0.05) is 45.0 Å². The van der Waals surface area contributed by atoms with Crippen LogP contribution in [0.25, 0.3) is 0 Å². The van der Waals surface area contributed by atoms with Crippen LogP contribution in [-0.2, 0) is 16.3 Å². The fraction of sp³-hybridized carbons (Fsp3) is 0.650. The zero-order valence-electron chi connectivity index (χ0n) is 16.9. The molecule has 0 spiro atoms. The average molecular weight is 395 g/mol. The van der Waals surface area contributed by atoms with Gasteiger partial charge < -0.3 is 15.5 Å². The predicted molar refractivity (Wildman–Crippen MR) is 113 cm³/mol. The van der Waals surface area contributed by atoms with Crippen molar-refractivity contribution in [3.05, 3.63) is 35.4 Å². The van der Waals surface area contributed by atoms with Crippen molar-refractivity contribution >= 4 is 15.8 Å². The Morgan fingerprint density at radius 3 is 2.48 bits per heavy atom. The number of aliphatic imine (C=N–C) groups is 1. The number of hydrogen-bond donors (Lipinski definition) is 2. The van der Waals surface area contributed by atoms with E-state index in [1.807, 2.05) is 0 Å².